The molecule has 0 bridgehead atoms. The van der Waals surface area contributed by atoms with Gasteiger partial charge in [-0.05, 0) is 55.4 Å². The highest BCUT2D eigenvalue weighted by Crippen LogP contribution is 2.44. The SMILES string of the molecule is CCCCCCCCCCCCOP(Oc1ccccc1CCCCCCCCC)Oc1ccccc1CCCCCCCCC. The van der Waals surface area contributed by atoms with Crippen LogP contribution in [0.1, 0.15) is 186 Å². The zero-order valence-electron chi connectivity index (χ0n) is 30.4. The summed E-state index contributed by atoms with van der Waals surface area (Å²) in [7, 11) is -1.54. The minimum Gasteiger partial charge on any atom is -0.417 e. The van der Waals surface area contributed by atoms with Gasteiger partial charge in [0.1, 0.15) is 11.5 Å². The maximum absolute atomic E-state index is 6.61. The quantitative estimate of drug-likeness (QED) is 0.0580. The first-order valence-corrected chi connectivity index (χ1v) is 20.8. The number of rotatable bonds is 32. The van der Waals surface area contributed by atoms with Crippen LogP contribution in [-0.4, -0.2) is 6.61 Å². The van der Waals surface area contributed by atoms with E-state index in [9.17, 15) is 0 Å². The number of unbranched alkanes of at least 4 members (excludes halogenated alkanes) is 21. The molecule has 0 aliphatic heterocycles. The highest BCUT2D eigenvalue weighted by Gasteiger charge is 2.20. The number of para-hydroxylation sites is 2. The van der Waals surface area contributed by atoms with Crippen molar-refractivity contribution in [2.45, 2.75) is 188 Å². The summed E-state index contributed by atoms with van der Waals surface area (Å²) < 4.78 is 19.6. The lowest BCUT2D eigenvalue weighted by atomic mass is 10.0. The van der Waals surface area contributed by atoms with Crippen LogP contribution in [0.4, 0.5) is 0 Å². The summed E-state index contributed by atoms with van der Waals surface area (Å²) in [6.07, 6.45) is 33.7. The molecule has 2 aromatic rings. The first-order chi connectivity index (χ1) is 22.8. The van der Waals surface area contributed by atoms with Gasteiger partial charge in [-0.2, -0.15) is 0 Å². The minimum absolute atomic E-state index is 0.683. The first-order valence-electron chi connectivity index (χ1n) is 19.7. The van der Waals surface area contributed by atoms with Crippen LogP contribution in [0, 0.1) is 0 Å². The summed E-state index contributed by atoms with van der Waals surface area (Å²) in [5.41, 5.74) is 2.54. The predicted molar refractivity (Wildman–Crippen MR) is 202 cm³/mol. The van der Waals surface area contributed by atoms with Crippen LogP contribution < -0.4 is 9.05 Å². The second kappa shape index (κ2) is 29.6. The van der Waals surface area contributed by atoms with Crippen molar-refractivity contribution in [3.8, 4) is 11.5 Å². The highest BCUT2D eigenvalue weighted by molar-refractivity contribution is 7.42. The van der Waals surface area contributed by atoms with Crippen LogP contribution in [0.25, 0.3) is 0 Å². The lowest BCUT2D eigenvalue weighted by molar-refractivity contribution is 0.257. The molecule has 3 nitrogen and oxygen atoms in total. The van der Waals surface area contributed by atoms with Gasteiger partial charge in [0.25, 0.3) is 0 Å². The molecule has 46 heavy (non-hydrogen) atoms. The molecule has 0 saturated heterocycles. The van der Waals surface area contributed by atoms with Gasteiger partial charge in [0.15, 0.2) is 0 Å². The highest BCUT2D eigenvalue weighted by atomic mass is 31.2. The normalized spacial score (nSPS) is 11.4. The summed E-state index contributed by atoms with van der Waals surface area (Å²) in [5, 5.41) is 0. The number of hydrogen-bond donors (Lipinski definition) is 0. The van der Waals surface area contributed by atoms with Gasteiger partial charge >= 0.3 is 8.60 Å². The lowest BCUT2D eigenvalue weighted by Crippen LogP contribution is -2.04. The van der Waals surface area contributed by atoms with Gasteiger partial charge < -0.3 is 9.05 Å². The Morgan fingerprint density at radius 2 is 0.717 bits per heavy atom. The fourth-order valence-electron chi connectivity index (χ4n) is 6.10. The summed E-state index contributed by atoms with van der Waals surface area (Å²) >= 11 is 0. The van der Waals surface area contributed by atoms with E-state index in [0.717, 1.165) is 30.8 Å². The van der Waals surface area contributed by atoms with Crippen molar-refractivity contribution in [3.63, 3.8) is 0 Å². The van der Waals surface area contributed by atoms with E-state index < -0.39 is 8.60 Å². The van der Waals surface area contributed by atoms with Crippen LogP contribution in [0.5, 0.6) is 11.5 Å². The topological polar surface area (TPSA) is 27.7 Å². The van der Waals surface area contributed by atoms with Crippen molar-refractivity contribution < 1.29 is 13.6 Å². The van der Waals surface area contributed by atoms with E-state index in [-0.39, 0.29) is 0 Å². The molecule has 0 unspecified atom stereocenters. The van der Waals surface area contributed by atoms with Gasteiger partial charge in [-0.15, -0.1) is 0 Å². The summed E-state index contributed by atoms with van der Waals surface area (Å²) in [6.45, 7) is 7.54. The van der Waals surface area contributed by atoms with Crippen LogP contribution >= 0.6 is 8.60 Å². The first kappa shape index (κ1) is 40.6. The van der Waals surface area contributed by atoms with E-state index in [1.54, 1.807) is 0 Å². The molecule has 0 amide bonds. The van der Waals surface area contributed by atoms with E-state index >= 15 is 0 Å². The monoisotopic (exact) mass is 655 g/mol. The van der Waals surface area contributed by atoms with Crippen molar-refractivity contribution in [2.75, 3.05) is 6.61 Å². The van der Waals surface area contributed by atoms with Crippen LogP contribution in [0.2, 0.25) is 0 Å². The molecule has 0 atom stereocenters. The molecular formula is C42H71O3P. The third kappa shape index (κ3) is 20.6. The minimum atomic E-state index is -1.54. The maximum Gasteiger partial charge on any atom is 0.463 e. The Balaban J connectivity index is 1.92. The van der Waals surface area contributed by atoms with Gasteiger partial charge in [0.05, 0.1) is 6.61 Å². The summed E-state index contributed by atoms with van der Waals surface area (Å²) in [6, 6.07) is 17.1. The molecule has 0 fully saturated rings. The zero-order chi connectivity index (χ0) is 32.8. The maximum atomic E-state index is 6.61. The molecule has 4 heteroatoms. The molecule has 0 saturated carbocycles. The molecule has 0 radical (unpaired) electrons. The number of aryl methyl sites for hydroxylation is 2. The molecule has 0 N–H and O–H groups in total. The predicted octanol–water partition coefficient (Wildman–Crippen LogP) is 14.9. The Morgan fingerprint density at radius 3 is 1.11 bits per heavy atom. The van der Waals surface area contributed by atoms with Crippen molar-refractivity contribution >= 4 is 8.60 Å². The van der Waals surface area contributed by atoms with Crippen molar-refractivity contribution in [2.24, 2.45) is 0 Å². The number of benzene rings is 2. The zero-order valence-corrected chi connectivity index (χ0v) is 31.3. The van der Waals surface area contributed by atoms with Crippen LogP contribution in [0.15, 0.2) is 48.5 Å². The molecule has 2 aromatic carbocycles. The van der Waals surface area contributed by atoms with Gasteiger partial charge in [-0.3, -0.25) is 4.52 Å². The van der Waals surface area contributed by atoms with Gasteiger partial charge in [0, 0.05) is 0 Å². The molecule has 0 heterocycles. The van der Waals surface area contributed by atoms with E-state index in [1.807, 2.05) is 0 Å². The molecular weight excluding hydrogens is 583 g/mol. The van der Waals surface area contributed by atoms with Crippen molar-refractivity contribution in [3.05, 3.63) is 59.7 Å². The van der Waals surface area contributed by atoms with Gasteiger partial charge in [0.2, 0.25) is 0 Å². The molecule has 0 spiro atoms. The molecule has 0 aromatic heterocycles. The largest absolute Gasteiger partial charge is 0.463 e. The standard InChI is InChI=1S/C42H71O3P/c1-4-7-10-13-16-17-18-21-24-31-38-43-46(44-41-36-29-27-34-39(41)32-25-22-19-14-11-8-5-2)45-42-37-30-28-35-40(42)33-26-23-20-15-12-9-6-3/h27-30,34-37H,4-26,31-33,38H2,1-3H3. The van der Waals surface area contributed by atoms with E-state index in [1.165, 1.54) is 159 Å². The van der Waals surface area contributed by atoms with E-state index in [0.29, 0.717) is 6.61 Å². The Morgan fingerprint density at radius 1 is 0.391 bits per heavy atom. The van der Waals surface area contributed by atoms with E-state index in [2.05, 4.69) is 69.3 Å². The second-order valence-corrected chi connectivity index (χ2v) is 14.5. The molecule has 0 aliphatic rings. The fourth-order valence-corrected chi connectivity index (χ4v) is 7.20. The molecule has 0 aliphatic carbocycles. The Kier molecular flexibility index (Phi) is 26.1. The third-order valence-electron chi connectivity index (χ3n) is 9.08. The van der Waals surface area contributed by atoms with Crippen LogP contribution in [0.3, 0.4) is 0 Å². The Labute approximate surface area is 287 Å². The van der Waals surface area contributed by atoms with Gasteiger partial charge in [-0.25, -0.2) is 0 Å². The number of hydrogen-bond acceptors (Lipinski definition) is 3. The molecule has 2 rings (SSSR count). The van der Waals surface area contributed by atoms with E-state index in [4.69, 9.17) is 13.6 Å². The van der Waals surface area contributed by atoms with Crippen LogP contribution in [-0.2, 0) is 17.4 Å². The average molecular weight is 655 g/mol. The lowest BCUT2D eigenvalue weighted by Gasteiger charge is -2.21. The molecule has 262 valence electrons. The average Bonchev–Trinajstić information content (AvgIpc) is 3.07. The third-order valence-corrected chi connectivity index (χ3v) is 10.2. The summed E-state index contributed by atoms with van der Waals surface area (Å²) in [5.74, 6) is 1.85. The Bertz CT molecular complexity index is 884. The smallest absolute Gasteiger partial charge is 0.417 e. The van der Waals surface area contributed by atoms with Crippen molar-refractivity contribution in [1.82, 2.24) is 0 Å². The Hall–Kier alpha value is -1.57. The van der Waals surface area contributed by atoms with Crippen molar-refractivity contribution in [1.29, 1.82) is 0 Å². The second-order valence-electron chi connectivity index (χ2n) is 13.4. The fraction of sp³-hybridized carbons (Fsp3) is 0.714. The summed E-state index contributed by atoms with van der Waals surface area (Å²) in [4.78, 5) is 0. The van der Waals surface area contributed by atoms with Gasteiger partial charge in [-0.1, -0.05) is 192 Å².